The van der Waals surface area contributed by atoms with Crippen molar-refractivity contribution in [3.05, 3.63) is 23.5 Å². The molecule has 1 aliphatic carbocycles. The molecule has 8 N–H and O–H groups in total. The van der Waals surface area contributed by atoms with Crippen molar-refractivity contribution in [2.45, 2.75) is 9.74 Å². The molecule has 0 aromatic heterocycles. The van der Waals surface area contributed by atoms with Crippen molar-refractivity contribution < 1.29 is 25.9 Å². The van der Waals surface area contributed by atoms with Gasteiger partial charge in [-0.1, -0.05) is 0 Å². The summed E-state index contributed by atoms with van der Waals surface area (Å²) in [5.41, 5.74) is 20.8. The molecule has 12 heteroatoms. The Labute approximate surface area is 103 Å². The SMILES string of the molecule is [NH]C1=CC([NH])(N)C(S(=O)(=O)O)(S(=O)(=O)O)C=C1N. The van der Waals surface area contributed by atoms with Crippen LogP contribution in [0.1, 0.15) is 0 Å². The van der Waals surface area contributed by atoms with E-state index in [0.29, 0.717) is 6.08 Å². The minimum absolute atomic E-state index is 0.160. The molecule has 0 aromatic rings. The Kier molecular flexibility index (Phi) is 3.02. The lowest BCUT2D eigenvalue weighted by atomic mass is 9.98. The summed E-state index contributed by atoms with van der Waals surface area (Å²) >= 11 is 0. The molecule has 1 unspecified atom stereocenters. The van der Waals surface area contributed by atoms with E-state index >= 15 is 0 Å². The molecule has 1 aliphatic rings. The highest BCUT2D eigenvalue weighted by Gasteiger charge is 2.66. The van der Waals surface area contributed by atoms with Crippen molar-refractivity contribution >= 4 is 20.2 Å². The average molecular weight is 298 g/mol. The lowest BCUT2D eigenvalue weighted by molar-refractivity contribution is 0.381. The van der Waals surface area contributed by atoms with E-state index in [2.05, 4.69) is 0 Å². The summed E-state index contributed by atoms with van der Waals surface area (Å²) < 4.78 is 59.4. The van der Waals surface area contributed by atoms with Crippen LogP contribution in [0.15, 0.2) is 23.5 Å². The average Bonchev–Trinajstić information content (AvgIpc) is 2.05. The third-order valence-corrected chi connectivity index (χ3v) is 6.08. The molecule has 0 bridgehead atoms. The smallest absolute Gasteiger partial charge is 0.295 e. The van der Waals surface area contributed by atoms with Crippen LogP contribution in [0.25, 0.3) is 0 Å². The second kappa shape index (κ2) is 3.66. The molecule has 1 atom stereocenters. The van der Waals surface area contributed by atoms with Gasteiger partial charge >= 0.3 is 0 Å². The minimum atomic E-state index is -5.54. The van der Waals surface area contributed by atoms with E-state index in [1.54, 1.807) is 0 Å². The van der Waals surface area contributed by atoms with Gasteiger partial charge in [0, 0.05) is 0 Å². The van der Waals surface area contributed by atoms with E-state index in [4.69, 9.17) is 32.0 Å². The van der Waals surface area contributed by atoms with Gasteiger partial charge in [-0.2, -0.15) is 16.8 Å². The van der Waals surface area contributed by atoms with Gasteiger partial charge in [0.15, 0.2) is 0 Å². The number of hydrogen-bond donors (Lipinski definition) is 4. The Balaban J connectivity index is 3.90. The Hall–Kier alpha value is -1.18. The zero-order valence-electron chi connectivity index (χ0n) is 8.65. The molecular weight excluding hydrogens is 288 g/mol. The Morgan fingerprint density at radius 3 is 1.83 bits per heavy atom. The quantitative estimate of drug-likeness (QED) is 0.396. The molecule has 10 nitrogen and oxygen atoms in total. The molecule has 0 saturated carbocycles. The lowest BCUT2D eigenvalue weighted by Gasteiger charge is -2.38. The van der Waals surface area contributed by atoms with E-state index in [0.717, 1.165) is 0 Å². The van der Waals surface area contributed by atoms with Gasteiger partial charge in [-0.25, -0.2) is 5.73 Å². The molecule has 2 radical (unpaired) electrons. The van der Waals surface area contributed by atoms with Crippen LogP contribution >= 0.6 is 0 Å². The van der Waals surface area contributed by atoms with Crippen LogP contribution in [0, 0.1) is 0 Å². The summed E-state index contributed by atoms with van der Waals surface area (Å²) in [4.78, 5) is 0. The second-order valence-corrected chi connectivity index (χ2v) is 7.09. The maximum atomic E-state index is 11.2. The van der Waals surface area contributed by atoms with E-state index in [-0.39, 0.29) is 6.08 Å². The highest BCUT2D eigenvalue weighted by atomic mass is 32.3. The number of nitrogens with one attached hydrogen (secondary N) is 2. The van der Waals surface area contributed by atoms with Crippen molar-refractivity contribution in [1.82, 2.24) is 11.5 Å². The van der Waals surface area contributed by atoms with Crippen molar-refractivity contribution in [3.63, 3.8) is 0 Å². The molecule has 0 fully saturated rings. The molecule has 0 spiro atoms. The largest absolute Gasteiger partial charge is 0.397 e. The first kappa shape index (κ1) is 14.9. The predicted octanol–water partition coefficient (Wildman–Crippen LogP) is -2.58. The van der Waals surface area contributed by atoms with Gasteiger partial charge in [0.05, 0.1) is 11.4 Å². The third kappa shape index (κ3) is 1.79. The van der Waals surface area contributed by atoms with Gasteiger partial charge in [-0.05, 0) is 12.2 Å². The predicted molar refractivity (Wildman–Crippen MR) is 59.3 cm³/mol. The lowest BCUT2D eigenvalue weighted by Crippen LogP contribution is -2.68. The molecule has 1 rings (SSSR count). The van der Waals surface area contributed by atoms with Gasteiger partial charge in [-0.3, -0.25) is 14.8 Å². The van der Waals surface area contributed by atoms with Crippen molar-refractivity contribution in [3.8, 4) is 0 Å². The van der Waals surface area contributed by atoms with Crippen molar-refractivity contribution in [2.75, 3.05) is 0 Å². The Bertz CT molecular complexity index is 612. The van der Waals surface area contributed by atoms with Gasteiger partial charge in [0.25, 0.3) is 24.3 Å². The normalized spacial score (nSPS) is 23.1. The zero-order valence-corrected chi connectivity index (χ0v) is 10.3. The maximum Gasteiger partial charge on any atom is 0.295 e. The number of nitrogens with two attached hydrogens (primary N) is 2. The number of rotatable bonds is 2. The molecule has 0 amide bonds. The zero-order chi connectivity index (χ0) is 14.6. The first-order valence-electron chi connectivity index (χ1n) is 4.17. The summed E-state index contributed by atoms with van der Waals surface area (Å²) in [6.45, 7) is 0. The standard InChI is InChI=1S/C6H10N4O6S2/c7-3-1-5(9,10)6(2-4(3)8,17(11,12)13)18(14,15)16/h1-2,7,9H,8,10H2,(H,11,12,13)(H,14,15,16). The first-order valence-corrected chi connectivity index (χ1v) is 7.05. The monoisotopic (exact) mass is 298 g/mol. The van der Waals surface area contributed by atoms with Crippen LogP contribution in [0.3, 0.4) is 0 Å². The van der Waals surface area contributed by atoms with Gasteiger partial charge in [0.2, 0.25) is 0 Å². The number of hydrogen-bond acceptors (Lipinski definition) is 6. The molecule has 0 heterocycles. The topological polar surface area (TPSA) is 208 Å². The van der Waals surface area contributed by atoms with Crippen molar-refractivity contribution in [2.24, 2.45) is 11.5 Å². The maximum absolute atomic E-state index is 11.2. The molecular formula is C6H10N4O6S2. The summed E-state index contributed by atoms with van der Waals surface area (Å²) in [5.74, 6) is 0. The third-order valence-electron chi connectivity index (χ3n) is 2.37. The summed E-state index contributed by atoms with van der Waals surface area (Å²) in [6.07, 6.45) is 0.552. The van der Waals surface area contributed by atoms with Crippen LogP contribution < -0.4 is 22.9 Å². The van der Waals surface area contributed by atoms with E-state index in [9.17, 15) is 16.8 Å². The molecule has 0 aromatic carbocycles. The molecule has 18 heavy (non-hydrogen) atoms. The molecule has 0 aliphatic heterocycles. The van der Waals surface area contributed by atoms with E-state index in [1.807, 2.05) is 0 Å². The summed E-state index contributed by atoms with van der Waals surface area (Å²) in [5, 5.41) is 0. The summed E-state index contributed by atoms with van der Waals surface area (Å²) in [6, 6.07) is 0. The van der Waals surface area contributed by atoms with Crippen LogP contribution in [-0.4, -0.2) is 35.7 Å². The summed E-state index contributed by atoms with van der Waals surface area (Å²) in [7, 11) is -11.1. The fourth-order valence-corrected chi connectivity index (χ4v) is 4.11. The molecule has 102 valence electrons. The van der Waals surface area contributed by atoms with Gasteiger partial charge in [-0.15, -0.1) is 0 Å². The van der Waals surface area contributed by atoms with E-state index in [1.165, 1.54) is 0 Å². The fourth-order valence-electron chi connectivity index (χ4n) is 1.52. The van der Waals surface area contributed by atoms with Gasteiger partial charge in [0.1, 0.15) is 5.66 Å². The van der Waals surface area contributed by atoms with E-state index < -0.39 is 41.4 Å². The van der Waals surface area contributed by atoms with Crippen LogP contribution in [0.2, 0.25) is 0 Å². The highest BCUT2D eigenvalue weighted by molar-refractivity contribution is 8.05. The highest BCUT2D eigenvalue weighted by Crippen LogP contribution is 2.38. The second-order valence-electron chi connectivity index (χ2n) is 3.64. The van der Waals surface area contributed by atoms with Crippen LogP contribution in [-0.2, 0) is 20.2 Å². The minimum Gasteiger partial charge on any atom is -0.397 e. The Morgan fingerprint density at radius 1 is 1.11 bits per heavy atom. The van der Waals surface area contributed by atoms with Crippen molar-refractivity contribution in [1.29, 1.82) is 0 Å². The van der Waals surface area contributed by atoms with Crippen LogP contribution in [0.5, 0.6) is 0 Å². The van der Waals surface area contributed by atoms with Crippen LogP contribution in [0.4, 0.5) is 0 Å². The Morgan fingerprint density at radius 2 is 1.50 bits per heavy atom. The van der Waals surface area contributed by atoms with Gasteiger partial charge < -0.3 is 11.5 Å². The molecule has 0 saturated heterocycles. The fraction of sp³-hybridized carbons (Fsp3) is 0.333. The first-order chi connectivity index (χ1) is 7.76.